The summed E-state index contributed by atoms with van der Waals surface area (Å²) in [4.78, 5) is 36.0. The third kappa shape index (κ3) is 8.95. The Morgan fingerprint density at radius 3 is 2.48 bits per heavy atom. The van der Waals surface area contributed by atoms with E-state index in [9.17, 15) is 18.8 Å². The molecule has 1 aliphatic carbocycles. The second kappa shape index (κ2) is 16.9. The van der Waals surface area contributed by atoms with Gasteiger partial charge >= 0.3 is 6.03 Å². The van der Waals surface area contributed by atoms with Crippen LogP contribution in [0.1, 0.15) is 57.8 Å². The molecule has 2 saturated heterocycles. The quantitative estimate of drug-likeness (QED) is 0.0480. The van der Waals surface area contributed by atoms with E-state index in [1.807, 2.05) is 30.0 Å². The summed E-state index contributed by atoms with van der Waals surface area (Å²) >= 11 is 1.90. The Kier molecular flexibility index (Phi) is 11.9. The number of ether oxygens (including phenoxy) is 2. The summed E-state index contributed by atoms with van der Waals surface area (Å²) in [5.74, 6) is 2.70. The van der Waals surface area contributed by atoms with Crippen LogP contribution in [-0.2, 0) is 9.59 Å². The molecule has 6 rings (SSSR count). The first-order chi connectivity index (χ1) is 24.4. The molecule has 50 heavy (non-hydrogen) atoms. The van der Waals surface area contributed by atoms with Crippen molar-refractivity contribution in [2.24, 2.45) is 0 Å². The van der Waals surface area contributed by atoms with Gasteiger partial charge in [0.1, 0.15) is 11.6 Å². The number of rotatable bonds is 19. The SMILES string of the molecule is COc1cc2cc3c(Nc4cccc(F)c4)[nH][nH]c-3c2cc1OCCCCNC(=O)CCCCNC(=O)CCCCC1SCC2NC(=O)NC21. The summed E-state index contributed by atoms with van der Waals surface area (Å²) in [6.45, 7) is 1.62. The first kappa shape index (κ1) is 35.2. The maximum absolute atomic E-state index is 13.7. The van der Waals surface area contributed by atoms with Gasteiger partial charge in [0.2, 0.25) is 11.8 Å². The summed E-state index contributed by atoms with van der Waals surface area (Å²) in [7, 11) is 1.61. The average Bonchev–Trinajstić information content (AvgIpc) is 3.86. The lowest BCUT2D eigenvalue weighted by atomic mass is 10.0. The Balaban J connectivity index is 0.816. The molecule has 2 fully saturated rings. The van der Waals surface area contributed by atoms with Gasteiger partial charge < -0.3 is 36.1 Å². The van der Waals surface area contributed by atoms with E-state index in [1.165, 1.54) is 12.1 Å². The van der Waals surface area contributed by atoms with Crippen molar-refractivity contribution in [1.82, 2.24) is 31.5 Å². The second-order valence-corrected chi connectivity index (χ2v) is 14.1. The van der Waals surface area contributed by atoms with Gasteiger partial charge in [0.25, 0.3) is 0 Å². The maximum Gasteiger partial charge on any atom is 0.315 e. The zero-order chi connectivity index (χ0) is 34.9. The summed E-state index contributed by atoms with van der Waals surface area (Å²) in [5.41, 5.74) is 2.48. The summed E-state index contributed by atoms with van der Waals surface area (Å²) in [6.07, 6.45) is 6.75. The van der Waals surface area contributed by atoms with Crippen LogP contribution in [0.2, 0.25) is 0 Å². The Hall–Kier alpha value is -4.59. The molecule has 4 amide bonds. The zero-order valence-electron chi connectivity index (χ0n) is 28.3. The van der Waals surface area contributed by atoms with E-state index in [1.54, 1.807) is 19.2 Å². The number of amides is 4. The number of carbonyl (C=O) groups excluding carboxylic acids is 3. The molecule has 0 bridgehead atoms. The Labute approximate surface area is 295 Å². The van der Waals surface area contributed by atoms with E-state index < -0.39 is 0 Å². The number of halogens is 1. The molecular formula is C36H46FN7O5S. The maximum atomic E-state index is 13.7. The van der Waals surface area contributed by atoms with Crippen LogP contribution >= 0.6 is 11.8 Å². The third-order valence-corrected chi connectivity index (χ3v) is 10.7. The van der Waals surface area contributed by atoms with Crippen molar-refractivity contribution >= 4 is 51.9 Å². The monoisotopic (exact) mass is 707 g/mol. The minimum atomic E-state index is -0.311. The minimum absolute atomic E-state index is 0.0132. The standard InChI is InChI=1S/C36H46FN7O5S/c1-48-28-18-22-17-26-33(43-44-35(26)40-24-10-8-9-23(37)19-24)25(22)20-29(28)49-16-7-6-15-39-32(46)13-4-5-14-38-31(45)12-3-2-11-30-34-27(21-50-30)41-36(47)42-34/h8-10,17-20,27,30,34,40,43-44H,2-7,11-16,21H2,1H3,(H,38,45)(H,39,46)(H2,41,42,47). The number of unbranched alkanes of at least 4 members (excludes halogenated alkanes) is 3. The molecule has 0 aromatic heterocycles. The van der Waals surface area contributed by atoms with E-state index in [0.29, 0.717) is 61.4 Å². The second-order valence-electron chi connectivity index (χ2n) is 12.9. The molecule has 0 spiro atoms. The number of benzene rings is 2. The molecule has 0 radical (unpaired) electrons. The number of fused-ring (bicyclic) bond motifs is 4. The molecule has 12 nitrogen and oxygen atoms in total. The smallest absolute Gasteiger partial charge is 0.315 e. The molecule has 2 aromatic rings. The number of thioether (sulfide) groups is 1. The van der Waals surface area contributed by atoms with Crippen molar-refractivity contribution in [3.8, 4) is 22.8 Å². The Bertz CT molecular complexity index is 1740. The lowest BCUT2D eigenvalue weighted by molar-refractivity contribution is -0.121. The van der Waals surface area contributed by atoms with Crippen LogP contribution in [0, 0.1) is 5.82 Å². The van der Waals surface area contributed by atoms with E-state index in [-0.39, 0.29) is 35.7 Å². The summed E-state index contributed by atoms with van der Waals surface area (Å²) in [5, 5.41) is 23.8. The van der Waals surface area contributed by atoms with Crippen molar-refractivity contribution in [1.29, 1.82) is 0 Å². The highest BCUT2D eigenvalue weighted by Gasteiger charge is 2.42. The highest BCUT2D eigenvalue weighted by Crippen LogP contribution is 2.43. The molecule has 0 saturated carbocycles. The van der Waals surface area contributed by atoms with Crippen molar-refractivity contribution < 1.29 is 28.2 Å². The van der Waals surface area contributed by atoms with E-state index in [4.69, 9.17) is 9.47 Å². The van der Waals surface area contributed by atoms with Crippen molar-refractivity contribution in [3.63, 3.8) is 0 Å². The van der Waals surface area contributed by atoms with Crippen LogP contribution in [0.3, 0.4) is 0 Å². The molecule has 14 heteroatoms. The predicted octanol–water partition coefficient (Wildman–Crippen LogP) is 5.78. The minimum Gasteiger partial charge on any atom is -0.493 e. The lowest BCUT2D eigenvalue weighted by Gasteiger charge is -2.16. The van der Waals surface area contributed by atoms with Crippen LogP contribution in [0.15, 0.2) is 42.5 Å². The lowest BCUT2D eigenvalue weighted by Crippen LogP contribution is -2.36. The van der Waals surface area contributed by atoms with Crippen LogP contribution in [0.4, 0.5) is 20.7 Å². The fourth-order valence-corrected chi connectivity index (χ4v) is 8.16. The van der Waals surface area contributed by atoms with Crippen LogP contribution < -0.4 is 36.1 Å². The number of aromatic amines is 2. The molecular weight excluding hydrogens is 662 g/mol. The van der Waals surface area contributed by atoms with Gasteiger partial charge in [-0.3, -0.25) is 19.8 Å². The van der Waals surface area contributed by atoms with E-state index >= 15 is 0 Å². The van der Waals surface area contributed by atoms with Crippen molar-refractivity contribution in [3.05, 3.63) is 48.3 Å². The first-order valence-electron chi connectivity index (χ1n) is 17.5. The van der Waals surface area contributed by atoms with Crippen molar-refractivity contribution in [2.75, 3.05) is 37.9 Å². The number of anilines is 2. The molecule has 3 unspecified atom stereocenters. The molecule has 3 atom stereocenters. The van der Waals surface area contributed by atoms with Gasteiger partial charge in [-0.2, -0.15) is 11.8 Å². The zero-order valence-corrected chi connectivity index (χ0v) is 29.1. The van der Waals surface area contributed by atoms with Crippen LogP contribution in [0.5, 0.6) is 11.5 Å². The number of urea groups is 1. The topological polar surface area (TPSA) is 161 Å². The number of hydrogen-bond donors (Lipinski definition) is 7. The fraction of sp³-hybridized carbons (Fsp3) is 0.472. The number of carbonyl (C=O) groups is 3. The van der Waals surface area contributed by atoms with Crippen LogP contribution in [-0.4, -0.2) is 77.9 Å². The van der Waals surface area contributed by atoms with Gasteiger partial charge in [-0.25, -0.2) is 9.18 Å². The van der Waals surface area contributed by atoms with Gasteiger partial charge in [0.15, 0.2) is 11.5 Å². The molecule has 2 aromatic carbocycles. The Morgan fingerprint density at radius 2 is 1.70 bits per heavy atom. The van der Waals surface area contributed by atoms with E-state index in [0.717, 1.165) is 72.1 Å². The molecule has 3 heterocycles. The number of aromatic nitrogens is 2. The summed E-state index contributed by atoms with van der Waals surface area (Å²) < 4.78 is 25.4. The van der Waals surface area contributed by atoms with Gasteiger partial charge in [-0.05, 0) is 80.3 Å². The molecule has 7 N–H and O–H groups in total. The fourth-order valence-electron chi connectivity index (χ4n) is 6.62. The van der Waals surface area contributed by atoms with Gasteiger partial charge in [-0.15, -0.1) is 0 Å². The molecule has 268 valence electrons. The first-order valence-corrected chi connectivity index (χ1v) is 18.5. The largest absolute Gasteiger partial charge is 0.493 e. The molecule has 3 aliphatic heterocycles. The number of hydrogen-bond acceptors (Lipinski definition) is 7. The highest BCUT2D eigenvalue weighted by atomic mass is 32.2. The number of nitrogens with one attached hydrogen (secondary N) is 7. The number of methoxy groups -OCH3 is 1. The summed E-state index contributed by atoms with van der Waals surface area (Å²) in [6, 6.07) is 12.6. The van der Waals surface area contributed by atoms with Gasteiger partial charge in [-0.1, -0.05) is 12.5 Å². The third-order valence-electron chi connectivity index (χ3n) is 9.23. The van der Waals surface area contributed by atoms with Gasteiger partial charge in [0.05, 0.1) is 31.5 Å². The normalized spacial score (nSPS) is 18.1. The predicted molar refractivity (Wildman–Crippen MR) is 194 cm³/mol. The van der Waals surface area contributed by atoms with E-state index in [2.05, 4.69) is 36.8 Å². The molecule has 4 aliphatic rings. The average molecular weight is 708 g/mol. The number of H-pyrrole nitrogens is 2. The van der Waals surface area contributed by atoms with Crippen molar-refractivity contribution in [2.45, 2.75) is 75.1 Å². The van der Waals surface area contributed by atoms with Gasteiger partial charge in [0, 0.05) is 53.6 Å². The Morgan fingerprint density at radius 1 is 0.920 bits per heavy atom. The van der Waals surface area contributed by atoms with Crippen LogP contribution in [0.25, 0.3) is 22.0 Å². The highest BCUT2D eigenvalue weighted by molar-refractivity contribution is 8.00.